The van der Waals surface area contributed by atoms with Gasteiger partial charge in [0.15, 0.2) is 28.5 Å². The van der Waals surface area contributed by atoms with Crippen LogP contribution in [0.25, 0.3) is 0 Å². The lowest BCUT2D eigenvalue weighted by Gasteiger charge is -2.13. The number of hydrogen-bond donors (Lipinski definition) is 2. The molecular formula is C9H6F5NO4S. The van der Waals surface area contributed by atoms with E-state index in [-0.39, 0.29) is 0 Å². The van der Waals surface area contributed by atoms with Crippen molar-refractivity contribution in [2.75, 3.05) is 4.72 Å². The number of carboxylic acid groups (broad SMARTS) is 1. The van der Waals surface area contributed by atoms with Gasteiger partial charge in [0.1, 0.15) is 5.69 Å². The molecule has 0 fully saturated rings. The van der Waals surface area contributed by atoms with Crippen LogP contribution in [-0.4, -0.2) is 24.7 Å². The van der Waals surface area contributed by atoms with Gasteiger partial charge in [0.05, 0.1) is 0 Å². The summed E-state index contributed by atoms with van der Waals surface area (Å²) < 4.78 is 88.6. The highest BCUT2D eigenvalue weighted by atomic mass is 32.2. The lowest BCUT2D eigenvalue weighted by atomic mass is 10.2. The topological polar surface area (TPSA) is 83.5 Å². The summed E-state index contributed by atoms with van der Waals surface area (Å²) in [4.78, 5) is 10.5. The normalized spacial score (nSPS) is 13.1. The highest BCUT2D eigenvalue weighted by Gasteiger charge is 2.33. The van der Waals surface area contributed by atoms with Crippen LogP contribution >= 0.6 is 0 Å². The standard InChI is InChI=1S/C9H6F5NO4S/c1-2(9(16)17)20(18,19)15-8-6(13)4(11)3(10)5(12)7(8)14/h2,15H,1H3,(H,16,17). The third-order valence-electron chi connectivity index (χ3n) is 2.27. The molecule has 1 aromatic carbocycles. The van der Waals surface area contributed by atoms with Crippen LogP contribution in [0.15, 0.2) is 0 Å². The average Bonchev–Trinajstić information content (AvgIpc) is 2.38. The lowest BCUT2D eigenvalue weighted by Crippen LogP contribution is -2.33. The fraction of sp³-hybridized carbons (Fsp3) is 0.222. The van der Waals surface area contributed by atoms with Crippen LogP contribution < -0.4 is 4.72 Å². The van der Waals surface area contributed by atoms with E-state index < -0.39 is 56.0 Å². The van der Waals surface area contributed by atoms with Gasteiger partial charge < -0.3 is 5.11 Å². The highest BCUT2D eigenvalue weighted by Crippen LogP contribution is 2.28. The first kappa shape index (κ1) is 16.1. The Kier molecular flexibility index (Phi) is 4.22. The second-order valence-electron chi connectivity index (χ2n) is 3.57. The Hall–Kier alpha value is -1.91. The van der Waals surface area contributed by atoms with Crippen molar-refractivity contribution in [2.45, 2.75) is 12.2 Å². The molecule has 0 radical (unpaired) electrons. The summed E-state index contributed by atoms with van der Waals surface area (Å²) in [5.74, 6) is -13.9. The summed E-state index contributed by atoms with van der Waals surface area (Å²) in [6, 6.07) is 0. The SMILES string of the molecule is CC(C(=O)O)S(=O)(=O)Nc1c(F)c(F)c(F)c(F)c1F. The minimum atomic E-state index is -4.89. The summed E-state index contributed by atoms with van der Waals surface area (Å²) in [5, 5.41) is 6.30. The second-order valence-corrected chi connectivity index (χ2v) is 5.57. The third-order valence-corrected chi connectivity index (χ3v) is 3.89. The van der Waals surface area contributed by atoms with Gasteiger partial charge >= 0.3 is 5.97 Å². The molecule has 0 amide bonds. The van der Waals surface area contributed by atoms with Crippen molar-refractivity contribution >= 4 is 21.7 Å². The first-order valence-electron chi connectivity index (χ1n) is 4.76. The Morgan fingerprint density at radius 2 is 1.35 bits per heavy atom. The number of nitrogens with one attached hydrogen (secondary N) is 1. The maximum Gasteiger partial charge on any atom is 0.323 e. The zero-order valence-electron chi connectivity index (χ0n) is 9.55. The Morgan fingerprint density at radius 3 is 1.70 bits per heavy atom. The number of aliphatic carboxylic acids is 1. The van der Waals surface area contributed by atoms with Gasteiger partial charge in [-0.05, 0) is 6.92 Å². The number of carbonyl (C=O) groups is 1. The number of benzene rings is 1. The van der Waals surface area contributed by atoms with Gasteiger partial charge in [-0.15, -0.1) is 0 Å². The predicted molar refractivity (Wildman–Crippen MR) is 55.9 cm³/mol. The molecule has 0 heterocycles. The van der Waals surface area contributed by atoms with E-state index in [1.54, 1.807) is 0 Å². The Balaban J connectivity index is 3.41. The van der Waals surface area contributed by atoms with Crippen LogP contribution in [0, 0.1) is 29.1 Å². The molecule has 5 nitrogen and oxygen atoms in total. The molecule has 20 heavy (non-hydrogen) atoms. The van der Waals surface area contributed by atoms with Crippen LogP contribution in [0.3, 0.4) is 0 Å². The van der Waals surface area contributed by atoms with Crippen LogP contribution in [0.1, 0.15) is 6.92 Å². The molecule has 0 aliphatic heterocycles. The summed E-state index contributed by atoms with van der Waals surface area (Å²) >= 11 is 0. The fourth-order valence-electron chi connectivity index (χ4n) is 1.06. The molecule has 11 heteroatoms. The van der Waals surface area contributed by atoms with Crippen LogP contribution in [0.2, 0.25) is 0 Å². The van der Waals surface area contributed by atoms with Gasteiger partial charge in [0.25, 0.3) is 0 Å². The van der Waals surface area contributed by atoms with E-state index in [0.717, 1.165) is 4.72 Å². The van der Waals surface area contributed by atoms with E-state index in [9.17, 15) is 35.2 Å². The van der Waals surface area contributed by atoms with Crippen molar-refractivity contribution in [1.29, 1.82) is 0 Å². The van der Waals surface area contributed by atoms with Crippen molar-refractivity contribution in [3.05, 3.63) is 29.1 Å². The molecule has 1 aromatic rings. The molecule has 1 rings (SSSR count). The van der Waals surface area contributed by atoms with Crippen molar-refractivity contribution in [3.8, 4) is 0 Å². The number of carboxylic acids is 1. The zero-order chi connectivity index (χ0) is 15.8. The van der Waals surface area contributed by atoms with Gasteiger partial charge in [0, 0.05) is 0 Å². The minimum Gasteiger partial charge on any atom is -0.480 e. The lowest BCUT2D eigenvalue weighted by molar-refractivity contribution is -0.136. The van der Waals surface area contributed by atoms with E-state index in [1.807, 2.05) is 0 Å². The summed E-state index contributed by atoms with van der Waals surface area (Å²) in [7, 11) is -4.89. The van der Waals surface area contributed by atoms with Gasteiger partial charge in [-0.2, -0.15) is 0 Å². The minimum absolute atomic E-state index is 0.650. The first-order chi connectivity index (χ1) is 9.00. The number of hydrogen-bond acceptors (Lipinski definition) is 3. The van der Waals surface area contributed by atoms with Crippen LogP contribution in [-0.2, 0) is 14.8 Å². The predicted octanol–water partition coefficient (Wildman–Crippen LogP) is 1.60. The maximum atomic E-state index is 13.2. The van der Waals surface area contributed by atoms with Crippen LogP contribution in [0.4, 0.5) is 27.6 Å². The number of anilines is 1. The van der Waals surface area contributed by atoms with E-state index in [4.69, 9.17) is 5.11 Å². The maximum absolute atomic E-state index is 13.2. The second kappa shape index (κ2) is 5.23. The number of halogens is 5. The number of sulfonamides is 1. The van der Waals surface area contributed by atoms with Crippen molar-refractivity contribution < 1.29 is 40.3 Å². The molecule has 0 aromatic heterocycles. The molecule has 0 spiro atoms. The van der Waals surface area contributed by atoms with E-state index >= 15 is 0 Å². The average molecular weight is 319 g/mol. The van der Waals surface area contributed by atoms with Gasteiger partial charge in [-0.25, -0.2) is 30.4 Å². The Labute approximate surface area is 109 Å². The van der Waals surface area contributed by atoms with Gasteiger partial charge in [0.2, 0.25) is 15.8 Å². The molecule has 0 saturated carbocycles. The molecule has 112 valence electrons. The Morgan fingerprint density at radius 1 is 1.00 bits per heavy atom. The largest absolute Gasteiger partial charge is 0.480 e. The summed E-state index contributed by atoms with van der Waals surface area (Å²) in [6.45, 7) is 0.650. The molecule has 1 atom stereocenters. The van der Waals surface area contributed by atoms with Crippen molar-refractivity contribution in [1.82, 2.24) is 0 Å². The van der Waals surface area contributed by atoms with E-state index in [1.165, 1.54) is 0 Å². The monoisotopic (exact) mass is 319 g/mol. The Bertz CT molecular complexity index is 646. The highest BCUT2D eigenvalue weighted by molar-refractivity contribution is 7.94. The molecule has 0 saturated heterocycles. The smallest absolute Gasteiger partial charge is 0.323 e. The van der Waals surface area contributed by atoms with E-state index in [0.29, 0.717) is 6.92 Å². The zero-order valence-corrected chi connectivity index (χ0v) is 10.4. The third kappa shape index (κ3) is 2.66. The molecular weight excluding hydrogens is 313 g/mol. The molecule has 0 aliphatic rings. The van der Waals surface area contributed by atoms with Crippen LogP contribution in [0.5, 0.6) is 0 Å². The van der Waals surface area contributed by atoms with E-state index in [2.05, 4.69) is 0 Å². The molecule has 0 aliphatic carbocycles. The molecule has 2 N–H and O–H groups in total. The number of rotatable bonds is 4. The quantitative estimate of drug-likeness (QED) is 0.501. The van der Waals surface area contributed by atoms with Crippen molar-refractivity contribution in [2.24, 2.45) is 0 Å². The molecule has 0 bridgehead atoms. The summed E-state index contributed by atoms with van der Waals surface area (Å²) in [5.41, 5.74) is -1.84. The summed E-state index contributed by atoms with van der Waals surface area (Å²) in [6.07, 6.45) is 0. The van der Waals surface area contributed by atoms with Gasteiger partial charge in [-0.1, -0.05) is 0 Å². The molecule has 1 unspecified atom stereocenters. The van der Waals surface area contributed by atoms with Gasteiger partial charge in [-0.3, -0.25) is 9.52 Å². The first-order valence-corrected chi connectivity index (χ1v) is 6.31. The fourth-order valence-corrected chi connectivity index (χ4v) is 1.96. The van der Waals surface area contributed by atoms with Crippen molar-refractivity contribution in [3.63, 3.8) is 0 Å².